The molecular formula is C24H23N3O2S2. The zero-order valence-electron chi connectivity index (χ0n) is 17.6. The van der Waals surface area contributed by atoms with E-state index in [1.54, 1.807) is 0 Å². The predicted octanol–water partition coefficient (Wildman–Crippen LogP) is 5.70. The topological polar surface area (TPSA) is 74.8 Å². The molecule has 0 radical (unpaired) electrons. The standard InChI is InChI=1S/C24H23N3O2S2/c1-14-9-10-18(11-15(14)2)25-20(28)13-30-16(3)22-26-23(29)21-19(12-31-24(21)27-22)17-7-5-4-6-8-17/h4-12,16H,13H2,1-3H3,(H,25,28)(H,26,27,29)/t16-/m0/s1. The number of thioether (sulfide) groups is 1. The Kier molecular flexibility index (Phi) is 6.25. The van der Waals surface area contributed by atoms with E-state index in [9.17, 15) is 9.59 Å². The summed E-state index contributed by atoms with van der Waals surface area (Å²) in [6.07, 6.45) is 0. The lowest BCUT2D eigenvalue weighted by molar-refractivity contribution is -0.113. The highest BCUT2D eigenvalue weighted by Gasteiger charge is 2.17. The number of carbonyl (C=O) groups excluding carboxylic acids is 1. The van der Waals surface area contributed by atoms with Gasteiger partial charge in [0.2, 0.25) is 5.91 Å². The molecule has 0 aliphatic rings. The van der Waals surface area contributed by atoms with Gasteiger partial charge in [-0.1, -0.05) is 36.4 Å². The van der Waals surface area contributed by atoms with E-state index in [1.807, 2.05) is 74.7 Å². The summed E-state index contributed by atoms with van der Waals surface area (Å²) in [5.74, 6) is 0.782. The Hall–Kier alpha value is -2.90. The van der Waals surface area contributed by atoms with Gasteiger partial charge in [-0.3, -0.25) is 9.59 Å². The molecule has 2 aromatic carbocycles. The third-order valence-corrected chi connectivity index (χ3v) is 7.21. The highest BCUT2D eigenvalue weighted by Crippen LogP contribution is 2.32. The third-order valence-electron chi connectivity index (χ3n) is 5.19. The molecule has 2 heterocycles. The SMILES string of the molecule is Cc1ccc(NC(=O)CS[C@@H](C)c2nc3scc(-c4ccccc4)c3c(=O)[nH]2)cc1C. The van der Waals surface area contributed by atoms with Crippen molar-refractivity contribution in [3.63, 3.8) is 0 Å². The predicted molar refractivity (Wildman–Crippen MR) is 131 cm³/mol. The number of aromatic amines is 1. The highest BCUT2D eigenvalue weighted by molar-refractivity contribution is 8.00. The Balaban J connectivity index is 1.46. The van der Waals surface area contributed by atoms with Crippen LogP contribution in [0.1, 0.15) is 29.1 Å². The van der Waals surface area contributed by atoms with Crippen LogP contribution >= 0.6 is 23.1 Å². The summed E-state index contributed by atoms with van der Waals surface area (Å²) < 4.78 is 0. The minimum Gasteiger partial charge on any atom is -0.325 e. The van der Waals surface area contributed by atoms with E-state index in [-0.39, 0.29) is 22.5 Å². The van der Waals surface area contributed by atoms with E-state index in [2.05, 4.69) is 15.3 Å². The lowest BCUT2D eigenvalue weighted by atomic mass is 10.1. The van der Waals surface area contributed by atoms with Crippen molar-refractivity contribution >= 4 is 44.9 Å². The number of benzene rings is 2. The second kappa shape index (κ2) is 9.08. The largest absolute Gasteiger partial charge is 0.325 e. The fraction of sp³-hybridized carbons (Fsp3) is 0.208. The molecule has 0 spiro atoms. The van der Waals surface area contributed by atoms with Gasteiger partial charge in [-0.15, -0.1) is 23.1 Å². The maximum Gasteiger partial charge on any atom is 0.260 e. The van der Waals surface area contributed by atoms with Crippen LogP contribution in [0.15, 0.2) is 58.7 Å². The van der Waals surface area contributed by atoms with Crippen LogP contribution in [-0.2, 0) is 4.79 Å². The molecule has 4 aromatic rings. The molecule has 0 saturated carbocycles. The molecular weight excluding hydrogens is 426 g/mol. The Morgan fingerprint density at radius 3 is 2.68 bits per heavy atom. The molecule has 0 unspecified atom stereocenters. The minimum absolute atomic E-state index is 0.0778. The van der Waals surface area contributed by atoms with E-state index in [4.69, 9.17) is 0 Å². The Labute approximate surface area is 188 Å². The number of hydrogen-bond donors (Lipinski definition) is 2. The van der Waals surface area contributed by atoms with Gasteiger partial charge in [-0.25, -0.2) is 4.98 Å². The molecule has 0 aliphatic carbocycles. The zero-order chi connectivity index (χ0) is 22.0. The number of rotatable bonds is 6. The fourth-order valence-electron chi connectivity index (χ4n) is 3.28. The molecule has 158 valence electrons. The van der Waals surface area contributed by atoms with Crippen LogP contribution in [0.4, 0.5) is 5.69 Å². The summed E-state index contributed by atoms with van der Waals surface area (Å²) >= 11 is 2.91. The highest BCUT2D eigenvalue weighted by atomic mass is 32.2. The molecule has 1 atom stereocenters. The van der Waals surface area contributed by atoms with E-state index < -0.39 is 0 Å². The zero-order valence-corrected chi connectivity index (χ0v) is 19.2. The molecule has 0 bridgehead atoms. The van der Waals surface area contributed by atoms with Crippen molar-refractivity contribution in [2.75, 3.05) is 11.1 Å². The van der Waals surface area contributed by atoms with Gasteiger partial charge >= 0.3 is 0 Å². The average molecular weight is 450 g/mol. The maximum absolute atomic E-state index is 12.8. The average Bonchev–Trinajstić information content (AvgIpc) is 3.20. The van der Waals surface area contributed by atoms with Crippen LogP contribution in [0.2, 0.25) is 0 Å². The third kappa shape index (κ3) is 4.73. The molecule has 4 rings (SSSR count). The van der Waals surface area contributed by atoms with Gasteiger partial charge in [-0.05, 0) is 49.6 Å². The van der Waals surface area contributed by atoms with Crippen molar-refractivity contribution in [1.29, 1.82) is 0 Å². The Morgan fingerprint density at radius 2 is 1.94 bits per heavy atom. The summed E-state index contributed by atoms with van der Waals surface area (Å²) in [7, 11) is 0. The number of nitrogens with zero attached hydrogens (tertiary/aromatic N) is 1. The van der Waals surface area contributed by atoms with Gasteiger partial charge < -0.3 is 10.3 Å². The number of fused-ring (bicyclic) bond motifs is 1. The van der Waals surface area contributed by atoms with Gasteiger partial charge in [0, 0.05) is 16.6 Å². The summed E-state index contributed by atoms with van der Waals surface area (Å²) in [5, 5.41) is 5.40. The van der Waals surface area contributed by atoms with Crippen LogP contribution in [0, 0.1) is 13.8 Å². The second-order valence-electron chi connectivity index (χ2n) is 7.45. The van der Waals surface area contributed by atoms with Crippen molar-refractivity contribution < 1.29 is 4.79 Å². The summed E-state index contributed by atoms with van der Waals surface area (Å²) in [4.78, 5) is 33.5. The van der Waals surface area contributed by atoms with E-state index in [0.29, 0.717) is 16.0 Å². The Bertz CT molecular complexity index is 1300. The van der Waals surface area contributed by atoms with Crippen molar-refractivity contribution in [2.24, 2.45) is 0 Å². The molecule has 1 amide bonds. The molecule has 31 heavy (non-hydrogen) atoms. The van der Waals surface area contributed by atoms with Gasteiger partial charge in [0.05, 0.1) is 16.4 Å². The van der Waals surface area contributed by atoms with E-state index in [0.717, 1.165) is 22.4 Å². The van der Waals surface area contributed by atoms with Crippen molar-refractivity contribution in [3.05, 3.63) is 81.2 Å². The lowest BCUT2D eigenvalue weighted by Gasteiger charge is -2.11. The number of hydrogen-bond acceptors (Lipinski definition) is 5. The number of aromatic nitrogens is 2. The van der Waals surface area contributed by atoms with Crippen LogP contribution in [0.25, 0.3) is 21.3 Å². The molecule has 2 aromatic heterocycles. The Morgan fingerprint density at radius 1 is 1.16 bits per heavy atom. The second-order valence-corrected chi connectivity index (χ2v) is 9.63. The number of aryl methyl sites for hydroxylation is 2. The normalized spacial score (nSPS) is 12.1. The number of H-pyrrole nitrogens is 1. The number of nitrogens with one attached hydrogen (secondary N) is 2. The number of anilines is 1. The van der Waals surface area contributed by atoms with Crippen LogP contribution in [0.3, 0.4) is 0 Å². The maximum atomic E-state index is 12.8. The smallest absolute Gasteiger partial charge is 0.260 e. The van der Waals surface area contributed by atoms with Crippen molar-refractivity contribution in [3.8, 4) is 11.1 Å². The van der Waals surface area contributed by atoms with Gasteiger partial charge in [-0.2, -0.15) is 0 Å². The van der Waals surface area contributed by atoms with Crippen LogP contribution in [0.5, 0.6) is 0 Å². The lowest BCUT2D eigenvalue weighted by Crippen LogP contribution is -2.16. The first-order chi connectivity index (χ1) is 14.9. The number of thiophene rings is 1. The molecule has 7 heteroatoms. The molecule has 5 nitrogen and oxygen atoms in total. The van der Waals surface area contributed by atoms with Gasteiger partial charge in [0.25, 0.3) is 5.56 Å². The minimum atomic E-state index is -0.146. The molecule has 2 N–H and O–H groups in total. The quantitative estimate of drug-likeness (QED) is 0.396. The summed E-state index contributed by atoms with van der Waals surface area (Å²) in [6.45, 7) is 6.01. The van der Waals surface area contributed by atoms with Gasteiger partial charge in [0.1, 0.15) is 10.7 Å². The molecule has 0 saturated heterocycles. The van der Waals surface area contributed by atoms with Crippen molar-refractivity contribution in [2.45, 2.75) is 26.0 Å². The summed E-state index contributed by atoms with van der Waals surface area (Å²) in [5.41, 5.74) is 4.87. The van der Waals surface area contributed by atoms with E-state index in [1.165, 1.54) is 28.7 Å². The summed E-state index contributed by atoms with van der Waals surface area (Å²) in [6, 6.07) is 15.7. The monoisotopic (exact) mass is 449 g/mol. The van der Waals surface area contributed by atoms with Crippen LogP contribution < -0.4 is 10.9 Å². The van der Waals surface area contributed by atoms with Crippen molar-refractivity contribution in [1.82, 2.24) is 9.97 Å². The van der Waals surface area contributed by atoms with Gasteiger partial charge in [0.15, 0.2) is 0 Å². The fourth-order valence-corrected chi connectivity index (χ4v) is 4.98. The first kappa shape index (κ1) is 21.3. The van der Waals surface area contributed by atoms with Crippen LogP contribution in [-0.4, -0.2) is 21.6 Å². The molecule has 0 fully saturated rings. The number of amides is 1. The first-order valence-electron chi connectivity index (χ1n) is 9.98. The number of carbonyl (C=O) groups is 1. The molecule has 0 aliphatic heterocycles. The van der Waals surface area contributed by atoms with E-state index >= 15 is 0 Å². The first-order valence-corrected chi connectivity index (χ1v) is 11.9.